The van der Waals surface area contributed by atoms with Crippen LogP contribution in [-0.4, -0.2) is 36.3 Å². The highest BCUT2D eigenvalue weighted by atomic mass is 35.5. The van der Waals surface area contributed by atoms with Gasteiger partial charge in [0.2, 0.25) is 5.91 Å². The van der Waals surface area contributed by atoms with E-state index in [1.54, 1.807) is 12.2 Å². The van der Waals surface area contributed by atoms with Crippen molar-refractivity contribution < 1.29 is 35.9 Å². The number of hydrogen-bond acceptors (Lipinski definition) is 3. The minimum atomic E-state index is -4.86. The molecule has 2 aromatic carbocycles. The van der Waals surface area contributed by atoms with E-state index in [0.29, 0.717) is 16.5 Å². The number of nitrogens with one attached hydrogen (secondary N) is 1. The third-order valence-corrected chi connectivity index (χ3v) is 5.67. The number of benzene rings is 2. The summed E-state index contributed by atoms with van der Waals surface area (Å²) in [6.45, 7) is 0.0996. The van der Waals surface area contributed by atoms with Crippen molar-refractivity contribution >= 4 is 52.2 Å². The van der Waals surface area contributed by atoms with E-state index in [2.05, 4.69) is 0 Å². The molecular formula is C21H15Cl2F6NO2S. The van der Waals surface area contributed by atoms with Gasteiger partial charge in [0.05, 0.1) is 11.3 Å². The highest BCUT2D eigenvalue weighted by Gasteiger charge is 2.35. The maximum absolute atomic E-state index is 13.6. The molecule has 0 bridgehead atoms. The third-order valence-electron chi connectivity index (χ3n) is 4.06. The van der Waals surface area contributed by atoms with Crippen LogP contribution in [0, 0.1) is 6.92 Å². The minimum absolute atomic E-state index is 0.0309. The molecule has 0 heterocycles. The summed E-state index contributed by atoms with van der Waals surface area (Å²) in [4.78, 5) is 24.5. The minimum Gasteiger partial charge on any atom is -0.346 e. The van der Waals surface area contributed by atoms with Gasteiger partial charge < -0.3 is 5.32 Å². The van der Waals surface area contributed by atoms with Crippen molar-refractivity contribution in [2.45, 2.75) is 24.2 Å². The van der Waals surface area contributed by atoms with Crippen molar-refractivity contribution in [3.05, 3.63) is 69.2 Å². The first-order valence-electron chi connectivity index (χ1n) is 9.02. The van der Waals surface area contributed by atoms with E-state index in [1.165, 1.54) is 24.3 Å². The number of aryl methyl sites for hydroxylation is 1. The van der Waals surface area contributed by atoms with Gasteiger partial charge in [-0.3, -0.25) is 9.59 Å². The average molecular weight is 530 g/mol. The first-order chi connectivity index (χ1) is 15.2. The van der Waals surface area contributed by atoms with Crippen molar-refractivity contribution in [2.24, 2.45) is 0 Å². The van der Waals surface area contributed by atoms with Crippen molar-refractivity contribution in [2.75, 3.05) is 12.3 Å². The van der Waals surface area contributed by atoms with Gasteiger partial charge in [-0.1, -0.05) is 23.2 Å². The van der Waals surface area contributed by atoms with E-state index < -0.39 is 36.2 Å². The molecule has 0 aliphatic rings. The van der Waals surface area contributed by atoms with Crippen LogP contribution in [-0.2, 0) is 4.79 Å². The number of allylic oxidation sites excluding steroid dienone is 2. The fourth-order valence-corrected chi connectivity index (χ4v) is 3.98. The zero-order chi connectivity index (χ0) is 25.0. The number of halogens is 8. The Balaban J connectivity index is 2.21. The van der Waals surface area contributed by atoms with Crippen LogP contribution in [0.5, 0.6) is 0 Å². The molecule has 3 nitrogen and oxygen atoms in total. The normalized spacial score (nSPS) is 12.6. The van der Waals surface area contributed by atoms with Crippen molar-refractivity contribution in [1.29, 1.82) is 0 Å². The van der Waals surface area contributed by atoms with E-state index >= 15 is 0 Å². The fraction of sp³-hybridized carbons (Fsp3) is 0.238. The van der Waals surface area contributed by atoms with E-state index in [0.717, 1.165) is 23.9 Å². The molecule has 0 spiro atoms. The molecule has 0 saturated carbocycles. The molecular weight excluding hydrogens is 515 g/mol. The van der Waals surface area contributed by atoms with E-state index in [-0.39, 0.29) is 26.9 Å². The second kappa shape index (κ2) is 10.8. The second-order valence-corrected chi connectivity index (χ2v) is 8.63. The lowest BCUT2D eigenvalue weighted by Crippen LogP contribution is -2.34. The van der Waals surface area contributed by atoms with Crippen LogP contribution in [0.2, 0.25) is 10.0 Å². The number of carbonyl (C=O) groups is 2. The van der Waals surface area contributed by atoms with Gasteiger partial charge in [-0.25, -0.2) is 0 Å². The lowest BCUT2D eigenvalue weighted by molar-refractivity contribution is -0.136. The quantitative estimate of drug-likeness (QED) is 0.183. The smallest absolute Gasteiger partial charge is 0.346 e. The van der Waals surface area contributed by atoms with Crippen LogP contribution >= 0.6 is 35.0 Å². The van der Waals surface area contributed by atoms with Crippen molar-refractivity contribution in [1.82, 2.24) is 5.32 Å². The molecule has 0 aromatic heterocycles. The number of amides is 1. The zero-order valence-corrected chi connectivity index (χ0v) is 19.0. The summed E-state index contributed by atoms with van der Waals surface area (Å²) in [5, 5.41) is 1.67. The van der Waals surface area contributed by atoms with E-state index in [4.69, 9.17) is 23.2 Å². The number of ketones is 1. The summed E-state index contributed by atoms with van der Waals surface area (Å²) in [7, 11) is 0. The first-order valence-corrected chi connectivity index (χ1v) is 10.8. The number of rotatable bonds is 7. The highest BCUT2D eigenvalue weighted by molar-refractivity contribution is 8.00. The summed E-state index contributed by atoms with van der Waals surface area (Å²) in [6, 6.07) is 7.32. The van der Waals surface area contributed by atoms with Gasteiger partial charge in [0.25, 0.3) is 0 Å². The Morgan fingerprint density at radius 3 is 2.09 bits per heavy atom. The third kappa shape index (κ3) is 8.60. The average Bonchev–Trinajstić information content (AvgIpc) is 2.67. The van der Waals surface area contributed by atoms with Gasteiger partial charge in [-0.2, -0.15) is 26.3 Å². The molecule has 178 valence electrons. The number of carbonyl (C=O) groups excluding carboxylic acids is 2. The largest absolute Gasteiger partial charge is 0.417 e. The highest BCUT2D eigenvalue weighted by Crippen LogP contribution is 2.36. The Morgan fingerprint density at radius 2 is 1.58 bits per heavy atom. The maximum atomic E-state index is 13.6. The number of thioether (sulfide) groups is 1. The molecule has 12 heteroatoms. The van der Waals surface area contributed by atoms with Crippen LogP contribution in [0.15, 0.2) is 47.4 Å². The zero-order valence-electron chi connectivity index (χ0n) is 16.7. The second-order valence-electron chi connectivity index (χ2n) is 6.74. The van der Waals surface area contributed by atoms with Gasteiger partial charge in [0.15, 0.2) is 5.78 Å². The van der Waals surface area contributed by atoms with E-state index in [9.17, 15) is 35.9 Å². The Morgan fingerprint density at radius 1 is 0.970 bits per heavy atom. The lowest BCUT2D eigenvalue weighted by Gasteiger charge is -2.13. The summed E-state index contributed by atoms with van der Waals surface area (Å²) < 4.78 is 77.1. The fourth-order valence-electron chi connectivity index (χ4n) is 2.61. The first kappa shape index (κ1) is 27.1. The van der Waals surface area contributed by atoms with Gasteiger partial charge in [0, 0.05) is 20.5 Å². The van der Waals surface area contributed by atoms with Gasteiger partial charge >= 0.3 is 12.4 Å². The van der Waals surface area contributed by atoms with Gasteiger partial charge in [0.1, 0.15) is 6.54 Å². The standard InChI is InChI=1S/C21H15Cl2F6NO2S/c1-11-4-12(2-3-18(11)33-9-19(32)30-10-20(24,25)26)17(31)8-16(21(27,28)29)13-5-14(22)7-15(23)6-13/h2-8H,9-10H2,1H3,(H,30,32). The summed E-state index contributed by atoms with van der Waals surface area (Å²) in [5.41, 5.74) is -1.19. The van der Waals surface area contributed by atoms with Gasteiger partial charge in [-0.05, 0) is 60.5 Å². The summed E-state index contributed by atoms with van der Waals surface area (Å²) in [5.74, 6) is -2.08. The topological polar surface area (TPSA) is 46.2 Å². The van der Waals surface area contributed by atoms with Crippen LogP contribution in [0.25, 0.3) is 5.57 Å². The Bertz CT molecular complexity index is 1060. The predicted molar refractivity (Wildman–Crippen MR) is 116 cm³/mol. The molecule has 0 saturated heterocycles. The summed E-state index contributed by atoms with van der Waals surface area (Å²) >= 11 is 12.5. The molecule has 33 heavy (non-hydrogen) atoms. The van der Waals surface area contributed by atoms with Crippen LogP contribution in [0.1, 0.15) is 21.5 Å². The van der Waals surface area contributed by atoms with Crippen molar-refractivity contribution in [3.8, 4) is 0 Å². The monoisotopic (exact) mass is 529 g/mol. The molecule has 0 atom stereocenters. The molecule has 1 amide bonds. The predicted octanol–water partition coefficient (Wildman–Crippen LogP) is 6.90. The molecule has 0 fully saturated rings. The Kier molecular flexibility index (Phi) is 8.89. The van der Waals surface area contributed by atoms with Crippen LogP contribution in [0.3, 0.4) is 0 Å². The molecule has 0 aliphatic carbocycles. The number of hydrogen-bond donors (Lipinski definition) is 1. The van der Waals surface area contributed by atoms with Crippen LogP contribution in [0.4, 0.5) is 26.3 Å². The van der Waals surface area contributed by atoms with Crippen LogP contribution < -0.4 is 5.32 Å². The molecule has 2 aromatic rings. The number of alkyl halides is 6. The molecule has 1 N–H and O–H groups in total. The van der Waals surface area contributed by atoms with Gasteiger partial charge in [-0.15, -0.1) is 11.8 Å². The lowest BCUT2D eigenvalue weighted by atomic mass is 10.0. The summed E-state index contributed by atoms with van der Waals surface area (Å²) in [6.07, 6.45) is -8.95. The van der Waals surface area contributed by atoms with Crippen molar-refractivity contribution in [3.63, 3.8) is 0 Å². The molecule has 0 radical (unpaired) electrons. The maximum Gasteiger partial charge on any atom is 0.417 e. The molecule has 0 aliphatic heterocycles. The Labute approximate surface area is 199 Å². The van der Waals surface area contributed by atoms with E-state index in [1.807, 2.05) is 0 Å². The molecule has 2 rings (SSSR count). The molecule has 0 unspecified atom stereocenters. The SMILES string of the molecule is Cc1cc(C(=O)C=C(c2cc(Cl)cc(Cl)c2)C(F)(F)F)ccc1SCC(=O)NCC(F)(F)F. The Hall–Kier alpha value is -2.17.